The van der Waals surface area contributed by atoms with Gasteiger partial charge in [0.1, 0.15) is 0 Å². The molecule has 1 aromatic rings. The lowest BCUT2D eigenvalue weighted by atomic mass is 9.80. The summed E-state index contributed by atoms with van der Waals surface area (Å²) in [5, 5.41) is 18.5. The highest BCUT2D eigenvalue weighted by Crippen LogP contribution is 2.31. The van der Waals surface area contributed by atoms with Crippen LogP contribution in [0, 0.1) is 11.3 Å². The van der Waals surface area contributed by atoms with Crippen molar-refractivity contribution in [1.82, 2.24) is 0 Å². The Morgan fingerprint density at radius 3 is 2.52 bits per heavy atom. The lowest BCUT2D eigenvalue weighted by Gasteiger charge is -2.25. The van der Waals surface area contributed by atoms with Crippen LogP contribution in [0.4, 0.5) is 0 Å². The number of unbranched alkanes of at least 4 members (excludes halogenated alkanes) is 1. The molecule has 0 bridgehead atoms. The van der Waals surface area contributed by atoms with Crippen LogP contribution in [0.1, 0.15) is 55.9 Å². The summed E-state index contributed by atoms with van der Waals surface area (Å²) in [4.78, 5) is 0. The van der Waals surface area contributed by atoms with Crippen molar-refractivity contribution < 1.29 is 5.11 Å². The first kappa shape index (κ1) is 17.4. The van der Waals surface area contributed by atoms with Crippen LogP contribution >= 0.6 is 0 Å². The molecule has 3 heteroatoms. The SMILES string of the molecule is CC(C)(C)c1cc(CCCCN)cc(/C=C/C#N)c1CO. The van der Waals surface area contributed by atoms with Gasteiger partial charge in [-0.1, -0.05) is 32.9 Å². The van der Waals surface area contributed by atoms with Crippen molar-refractivity contribution in [2.45, 2.75) is 52.1 Å². The van der Waals surface area contributed by atoms with Gasteiger partial charge in [0.2, 0.25) is 0 Å². The van der Waals surface area contributed by atoms with Crippen LogP contribution in [0.3, 0.4) is 0 Å². The fraction of sp³-hybridized carbons (Fsp3) is 0.500. The Morgan fingerprint density at radius 2 is 2.00 bits per heavy atom. The molecule has 0 aliphatic heterocycles. The Hall–Kier alpha value is -1.63. The molecule has 0 radical (unpaired) electrons. The van der Waals surface area contributed by atoms with Gasteiger partial charge in [-0.3, -0.25) is 0 Å². The lowest BCUT2D eigenvalue weighted by Crippen LogP contribution is -2.16. The molecule has 0 atom stereocenters. The van der Waals surface area contributed by atoms with Gasteiger partial charge in [-0.15, -0.1) is 0 Å². The standard InChI is InChI=1S/C18H26N2O/c1-18(2,3)17-12-14(7-4-5-9-19)11-15(8-6-10-20)16(17)13-21/h6,8,11-12,21H,4-5,7,9,13,19H2,1-3H3/b8-6+. The van der Waals surface area contributed by atoms with Crippen molar-refractivity contribution >= 4 is 6.08 Å². The maximum Gasteiger partial charge on any atom is 0.0912 e. The zero-order chi connectivity index (χ0) is 15.9. The van der Waals surface area contributed by atoms with Crippen molar-refractivity contribution in [3.63, 3.8) is 0 Å². The number of nitrogens with zero attached hydrogens (tertiary/aromatic N) is 1. The molecule has 114 valence electrons. The number of rotatable bonds is 6. The number of aryl methyl sites for hydroxylation is 1. The lowest BCUT2D eigenvalue weighted by molar-refractivity contribution is 0.278. The molecule has 1 aromatic carbocycles. The predicted octanol–water partition coefficient (Wildman–Crippen LogP) is 3.29. The monoisotopic (exact) mass is 286 g/mol. The first-order valence-corrected chi connectivity index (χ1v) is 7.47. The fourth-order valence-corrected chi connectivity index (χ4v) is 2.50. The van der Waals surface area contributed by atoms with Gasteiger partial charge in [0, 0.05) is 6.08 Å². The van der Waals surface area contributed by atoms with E-state index in [1.807, 2.05) is 6.07 Å². The van der Waals surface area contributed by atoms with E-state index in [-0.39, 0.29) is 12.0 Å². The highest BCUT2D eigenvalue weighted by molar-refractivity contribution is 5.60. The average molecular weight is 286 g/mol. The number of aliphatic hydroxyl groups excluding tert-OH is 1. The number of allylic oxidation sites excluding steroid dienone is 1. The molecule has 0 aliphatic carbocycles. The normalized spacial score (nSPS) is 11.8. The second-order valence-corrected chi connectivity index (χ2v) is 6.33. The summed E-state index contributed by atoms with van der Waals surface area (Å²) < 4.78 is 0. The zero-order valence-corrected chi connectivity index (χ0v) is 13.3. The smallest absolute Gasteiger partial charge is 0.0912 e. The van der Waals surface area contributed by atoms with E-state index in [2.05, 4.69) is 32.9 Å². The van der Waals surface area contributed by atoms with Gasteiger partial charge in [-0.25, -0.2) is 0 Å². The summed E-state index contributed by atoms with van der Waals surface area (Å²) >= 11 is 0. The minimum atomic E-state index is -0.0445. The first-order valence-electron chi connectivity index (χ1n) is 7.47. The Balaban J connectivity index is 3.30. The van der Waals surface area contributed by atoms with E-state index >= 15 is 0 Å². The summed E-state index contributed by atoms with van der Waals surface area (Å²) in [5.74, 6) is 0. The van der Waals surface area contributed by atoms with Crippen LogP contribution < -0.4 is 5.73 Å². The maximum atomic E-state index is 9.73. The van der Waals surface area contributed by atoms with E-state index in [1.165, 1.54) is 11.6 Å². The summed E-state index contributed by atoms with van der Waals surface area (Å²) in [6.07, 6.45) is 6.28. The van der Waals surface area contributed by atoms with Crippen LogP contribution in [0.15, 0.2) is 18.2 Å². The van der Waals surface area contributed by atoms with E-state index in [1.54, 1.807) is 6.08 Å². The molecule has 0 spiro atoms. The molecular formula is C18H26N2O. The minimum Gasteiger partial charge on any atom is -0.392 e. The van der Waals surface area contributed by atoms with Crippen molar-refractivity contribution in [3.05, 3.63) is 40.5 Å². The molecule has 0 amide bonds. The highest BCUT2D eigenvalue weighted by Gasteiger charge is 2.20. The Morgan fingerprint density at radius 1 is 1.29 bits per heavy atom. The molecule has 0 saturated carbocycles. The largest absolute Gasteiger partial charge is 0.392 e. The van der Waals surface area contributed by atoms with Crippen molar-refractivity contribution in [2.75, 3.05) is 6.54 Å². The van der Waals surface area contributed by atoms with E-state index in [4.69, 9.17) is 11.0 Å². The first-order chi connectivity index (χ1) is 9.93. The summed E-state index contributed by atoms with van der Waals surface area (Å²) in [6.45, 7) is 7.12. The van der Waals surface area contributed by atoms with Crippen molar-refractivity contribution in [2.24, 2.45) is 5.73 Å². The van der Waals surface area contributed by atoms with Crippen molar-refractivity contribution in [1.29, 1.82) is 5.26 Å². The summed E-state index contributed by atoms with van der Waals surface area (Å²) in [6, 6.07) is 6.28. The van der Waals surface area contributed by atoms with Gasteiger partial charge in [0.15, 0.2) is 0 Å². The number of benzene rings is 1. The third kappa shape index (κ3) is 5.00. The molecule has 0 unspecified atom stereocenters. The zero-order valence-electron chi connectivity index (χ0n) is 13.3. The van der Waals surface area contributed by atoms with E-state index < -0.39 is 0 Å². The third-order valence-corrected chi connectivity index (χ3v) is 3.57. The summed E-state index contributed by atoms with van der Waals surface area (Å²) in [7, 11) is 0. The van der Waals surface area contributed by atoms with Crippen LogP contribution in [0.5, 0.6) is 0 Å². The number of hydrogen-bond acceptors (Lipinski definition) is 3. The molecule has 0 aliphatic rings. The highest BCUT2D eigenvalue weighted by atomic mass is 16.3. The van der Waals surface area contributed by atoms with Gasteiger partial charge in [-0.05, 0) is 59.6 Å². The topological polar surface area (TPSA) is 70.0 Å². The van der Waals surface area contributed by atoms with Gasteiger partial charge >= 0.3 is 0 Å². The number of hydrogen-bond donors (Lipinski definition) is 2. The predicted molar refractivity (Wildman–Crippen MR) is 87.7 cm³/mol. The maximum absolute atomic E-state index is 9.73. The second-order valence-electron chi connectivity index (χ2n) is 6.33. The molecule has 21 heavy (non-hydrogen) atoms. The quantitative estimate of drug-likeness (QED) is 0.622. The summed E-state index contributed by atoms with van der Waals surface area (Å²) in [5.41, 5.74) is 9.75. The number of aliphatic hydroxyl groups is 1. The van der Waals surface area contributed by atoms with Gasteiger partial charge in [-0.2, -0.15) is 5.26 Å². The number of nitrogens with two attached hydrogens (primary N) is 1. The Bertz CT molecular complexity index is 533. The Labute approximate surface area is 128 Å². The fourth-order valence-electron chi connectivity index (χ4n) is 2.50. The second kappa shape index (κ2) is 7.97. The molecule has 0 fully saturated rings. The van der Waals surface area contributed by atoms with Gasteiger partial charge in [0.05, 0.1) is 12.7 Å². The molecule has 0 aromatic heterocycles. The van der Waals surface area contributed by atoms with Crippen LogP contribution in [-0.2, 0) is 18.4 Å². The minimum absolute atomic E-state index is 0.0131. The van der Waals surface area contributed by atoms with Crippen molar-refractivity contribution in [3.8, 4) is 6.07 Å². The average Bonchev–Trinajstić information content (AvgIpc) is 2.43. The van der Waals surface area contributed by atoms with E-state index in [9.17, 15) is 5.11 Å². The van der Waals surface area contributed by atoms with E-state index in [0.29, 0.717) is 6.54 Å². The van der Waals surface area contributed by atoms with Gasteiger partial charge in [0.25, 0.3) is 0 Å². The molecule has 0 saturated heterocycles. The number of nitriles is 1. The molecular weight excluding hydrogens is 260 g/mol. The van der Waals surface area contributed by atoms with Crippen LogP contribution in [-0.4, -0.2) is 11.7 Å². The van der Waals surface area contributed by atoms with Gasteiger partial charge < -0.3 is 10.8 Å². The molecule has 3 N–H and O–H groups in total. The third-order valence-electron chi connectivity index (χ3n) is 3.57. The van der Waals surface area contributed by atoms with Crippen LogP contribution in [0.25, 0.3) is 6.08 Å². The van der Waals surface area contributed by atoms with E-state index in [0.717, 1.165) is 36.0 Å². The molecule has 0 heterocycles. The Kier molecular flexibility index (Phi) is 6.61. The molecule has 3 nitrogen and oxygen atoms in total. The molecule has 1 rings (SSSR count). The van der Waals surface area contributed by atoms with Crippen LogP contribution in [0.2, 0.25) is 0 Å².